The van der Waals surface area contributed by atoms with Crippen LogP contribution in [0, 0.1) is 0 Å². The number of amides is 2. The van der Waals surface area contributed by atoms with Crippen LogP contribution in [0.15, 0.2) is 0 Å². The van der Waals surface area contributed by atoms with Crippen molar-refractivity contribution in [3.63, 3.8) is 0 Å². The molecule has 2 unspecified atom stereocenters. The van der Waals surface area contributed by atoms with Crippen LogP contribution in [0.3, 0.4) is 0 Å². The second-order valence-corrected chi connectivity index (χ2v) is 7.33. The van der Waals surface area contributed by atoms with Crippen LogP contribution in [-0.4, -0.2) is 64.0 Å². The highest BCUT2D eigenvalue weighted by atomic mass is 32.2. The predicted molar refractivity (Wildman–Crippen MR) is 77.9 cm³/mol. The fourth-order valence-electron chi connectivity index (χ4n) is 3.52. The summed E-state index contributed by atoms with van der Waals surface area (Å²) in [5.41, 5.74) is 10.9. The maximum Gasteiger partial charge on any atom is 0.245 e. The van der Waals surface area contributed by atoms with Gasteiger partial charge < -0.3 is 21.3 Å². The Balaban J connectivity index is 1.72. The van der Waals surface area contributed by atoms with E-state index in [4.69, 9.17) is 11.5 Å². The number of fused-ring (bicyclic) bond motifs is 1. The fourth-order valence-corrected chi connectivity index (χ4v) is 5.06. The molecule has 0 saturated carbocycles. The molecule has 3 atom stereocenters. The van der Waals surface area contributed by atoms with E-state index in [0.29, 0.717) is 18.7 Å². The number of primary amides is 1. The van der Waals surface area contributed by atoms with Gasteiger partial charge in [0, 0.05) is 18.7 Å². The van der Waals surface area contributed by atoms with Gasteiger partial charge in [-0.25, -0.2) is 0 Å². The smallest absolute Gasteiger partial charge is 0.245 e. The van der Waals surface area contributed by atoms with E-state index in [-0.39, 0.29) is 11.3 Å². The Morgan fingerprint density at radius 1 is 1.35 bits per heavy atom. The summed E-state index contributed by atoms with van der Waals surface area (Å²) in [7, 11) is 0. The van der Waals surface area contributed by atoms with Crippen molar-refractivity contribution >= 4 is 23.6 Å². The van der Waals surface area contributed by atoms with Gasteiger partial charge in [0.25, 0.3) is 0 Å². The third-order valence-corrected chi connectivity index (χ3v) is 5.86. The maximum atomic E-state index is 12.7. The van der Waals surface area contributed by atoms with E-state index in [1.165, 1.54) is 19.3 Å². The molecule has 0 spiro atoms. The summed E-state index contributed by atoms with van der Waals surface area (Å²) in [5, 5.41) is 0.0230. The molecule has 6 nitrogen and oxygen atoms in total. The number of piperidine rings is 1. The molecule has 0 aromatic rings. The highest BCUT2D eigenvalue weighted by molar-refractivity contribution is 8.00. The number of hydrogen-bond acceptors (Lipinski definition) is 5. The van der Waals surface area contributed by atoms with Crippen LogP contribution in [-0.2, 0) is 9.59 Å². The number of rotatable bonds is 3. The summed E-state index contributed by atoms with van der Waals surface area (Å²) >= 11 is 1.62. The van der Waals surface area contributed by atoms with Crippen molar-refractivity contribution in [1.29, 1.82) is 0 Å². The average molecular weight is 298 g/mol. The van der Waals surface area contributed by atoms with Crippen LogP contribution in [0.1, 0.15) is 25.7 Å². The lowest BCUT2D eigenvalue weighted by atomic mass is 9.97. The summed E-state index contributed by atoms with van der Waals surface area (Å²) in [6, 6.07) is -0.482. The molecule has 0 bridgehead atoms. The van der Waals surface area contributed by atoms with Crippen molar-refractivity contribution in [2.24, 2.45) is 11.5 Å². The Hall–Kier alpha value is -0.790. The molecular formula is C13H22N4O2S. The summed E-state index contributed by atoms with van der Waals surface area (Å²) in [6.45, 7) is 2.64. The third kappa shape index (κ3) is 2.31. The Labute approximate surface area is 123 Å². The van der Waals surface area contributed by atoms with Crippen molar-refractivity contribution in [2.75, 3.05) is 25.4 Å². The van der Waals surface area contributed by atoms with Gasteiger partial charge in [0.05, 0.1) is 5.37 Å². The minimum Gasteiger partial charge on any atom is -0.368 e. The molecule has 4 N–H and O–H groups in total. The lowest BCUT2D eigenvalue weighted by Gasteiger charge is -2.34. The molecule has 2 amide bonds. The SMILES string of the molecule is NC(=O)C1CSC2C[C@](N)(CN3CCCCC3)C(=O)N21. The van der Waals surface area contributed by atoms with Crippen LogP contribution in [0.5, 0.6) is 0 Å². The summed E-state index contributed by atoms with van der Waals surface area (Å²) in [6.07, 6.45) is 4.24. The first-order valence-corrected chi connectivity index (χ1v) is 8.31. The lowest BCUT2D eigenvalue weighted by molar-refractivity contribution is -0.138. The highest BCUT2D eigenvalue weighted by Crippen LogP contribution is 2.41. The quantitative estimate of drug-likeness (QED) is 0.721. The monoisotopic (exact) mass is 298 g/mol. The largest absolute Gasteiger partial charge is 0.368 e. The molecule has 0 radical (unpaired) electrons. The molecule has 3 heterocycles. The van der Waals surface area contributed by atoms with Crippen molar-refractivity contribution in [1.82, 2.24) is 9.80 Å². The predicted octanol–water partition coefficient (Wildman–Crippen LogP) is -0.671. The minimum absolute atomic E-state index is 0.0230. The van der Waals surface area contributed by atoms with Crippen LogP contribution in [0.4, 0.5) is 0 Å². The van der Waals surface area contributed by atoms with E-state index in [9.17, 15) is 9.59 Å². The van der Waals surface area contributed by atoms with Crippen LogP contribution in [0.25, 0.3) is 0 Å². The molecule has 20 heavy (non-hydrogen) atoms. The first-order valence-electron chi connectivity index (χ1n) is 7.26. The highest BCUT2D eigenvalue weighted by Gasteiger charge is 2.56. The number of carbonyl (C=O) groups is 2. The Morgan fingerprint density at radius 3 is 2.70 bits per heavy atom. The average Bonchev–Trinajstić information content (AvgIpc) is 2.91. The zero-order valence-corrected chi connectivity index (χ0v) is 12.4. The molecule has 112 valence electrons. The van der Waals surface area contributed by atoms with Gasteiger partial charge in [-0.1, -0.05) is 6.42 Å². The first-order chi connectivity index (χ1) is 9.51. The molecule has 3 aliphatic rings. The summed E-state index contributed by atoms with van der Waals surface area (Å²) in [4.78, 5) is 28.0. The number of hydrogen-bond donors (Lipinski definition) is 2. The van der Waals surface area contributed by atoms with E-state index < -0.39 is 17.5 Å². The number of carbonyl (C=O) groups excluding carboxylic acids is 2. The van der Waals surface area contributed by atoms with Gasteiger partial charge in [-0.05, 0) is 25.9 Å². The third-order valence-electron chi connectivity index (χ3n) is 4.57. The van der Waals surface area contributed by atoms with Crippen molar-refractivity contribution in [3.05, 3.63) is 0 Å². The van der Waals surface area contributed by atoms with Crippen molar-refractivity contribution in [3.8, 4) is 0 Å². The molecular weight excluding hydrogens is 276 g/mol. The van der Waals surface area contributed by atoms with Crippen LogP contribution < -0.4 is 11.5 Å². The first kappa shape index (κ1) is 14.2. The van der Waals surface area contributed by atoms with E-state index in [2.05, 4.69) is 4.90 Å². The van der Waals surface area contributed by atoms with Gasteiger partial charge in [-0.15, -0.1) is 11.8 Å². The van der Waals surface area contributed by atoms with Gasteiger partial charge in [0.2, 0.25) is 11.8 Å². The molecule has 0 aliphatic carbocycles. The summed E-state index contributed by atoms with van der Waals surface area (Å²) < 4.78 is 0. The number of nitrogens with two attached hydrogens (primary N) is 2. The summed E-state index contributed by atoms with van der Waals surface area (Å²) in [5.74, 6) is 0.0865. The molecule has 3 saturated heterocycles. The molecule has 3 rings (SSSR count). The molecule has 0 aromatic carbocycles. The normalized spacial score (nSPS) is 38.2. The lowest BCUT2D eigenvalue weighted by Crippen LogP contribution is -2.58. The van der Waals surface area contributed by atoms with Crippen LogP contribution in [0.2, 0.25) is 0 Å². The van der Waals surface area contributed by atoms with E-state index in [1.807, 2.05) is 0 Å². The van der Waals surface area contributed by atoms with Gasteiger partial charge >= 0.3 is 0 Å². The maximum absolute atomic E-state index is 12.7. The zero-order chi connectivity index (χ0) is 14.3. The van der Waals surface area contributed by atoms with Gasteiger partial charge in [-0.3, -0.25) is 9.59 Å². The van der Waals surface area contributed by atoms with Crippen molar-refractivity contribution in [2.45, 2.75) is 42.6 Å². The van der Waals surface area contributed by atoms with Crippen LogP contribution >= 0.6 is 11.8 Å². The molecule has 0 aromatic heterocycles. The van der Waals surface area contributed by atoms with Gasteiger partial charge in [0.1, 0.15) is 11.6 Å². The van der Waals surface area contributed by atoms with E-state index in [1.54, 1.807) is 16.7 Å². The van der Waals surface area contributed by atoms with E-state index in [0.717, 1.165) is 13.1 Å². The molecule has 3 aliphatic heterocycles. The Morgan fingerprint density at radius 2 is 2.05 bits per heavy atom. The number of nitrogens with zero attached hydrogens (tertiary/aromatic N) is 2. The molecule has 7 heteroatoms. The molecule has 3 fully saturated rings. The van der Waals surface area contributed by atoms with E-state index >= 15 is 0 Å². The standard InChI is InChI=1S/C13H22N4O2S/c14-11(18)9-7-20-10-6-13(15,12(19)17(9)10)8-16-4-2-1-3-5-16/h9-10H,1-8,15H2,(H2,14,18)/t9?,10?,13-/m0/s1. The topological polar surface area (TPSA) is 92.7 Å². The fraction of sp³-hybridized carbons (Fsp3) is 0.846. The number of thioether (sulfide) groups is 1. The Bertz CT molecular complexity index is 427. The Kier molecular flexibility index (Phi) is 3.68. The van der Waals surface area contributed by atoms with Crippen molar-refractivity contribution < 1.29 is 9.59 Å². The van der Waals surface area contributed by atoms with Gasteiger partial charge in [-0.2, -0.15) is 0 Å². The zero-order valence-electron chi connectivity index (χ0n) is 11.6. The van der Waals surface area contributed by atoms with Gasteiger partial charge in [0.15, 0.2) is 0 Å². The second-order valence-electron chi connectivity index (χ2n) is 6.12. The number of likely N-dealkylation sites (tertiary alicyclic amines) is 1. The minimum atomic E-state index is -0.844. The second kappa shape index (κ2) is 5.20.